The second-order valence-corrected chi connectivity index (χ2v) is 16.4. The van der Waals surface area contributed by atoms with Crippen LogP contribution < -0.4 is 0 Å². The van der Waals surface area contributed by atoms with Crippen molar-refractivity contribution in [1.82, 2.24) is 4.57 Å². The van der Waals surface area contributed by atoms with E-state index in [0.717, 1.165) is 27.6 Å². The van der Waals surface area contributed by atoms with Crippen molar-refractivity contribution < 1.29 is 4.42 Å². The standard InChI is InChI=1S/C54H31NOS/c1-2-10-40-32(8-1)9-7-13-41(40)37-18-23-50-47(30-37)54-44-31-38-27-39(21-16-33(38)26-36(44)19-24-51(54)56-50)55-48-14-5-3-11-42(48)45-28-34(17-22-49(45)55)35-20-25-53-46(29-35)43-12-4-6-15-52(43)57-53/h1-31H. The number of aromatic nitrogens is 1. The topological polar surface area (TPSA) is 18.1 Å². The maximum atomic E-state index is 6.50. The van der Waals surface area contributed by atoms with Crippen molar-refractivity contribution >= 4 is 108 Å². The maximum absolute atomic E-state index is 6.50. The van der Waals surface area contributed by atoms with Crippen LogP contribution in [0, 0.1) is 0 Å². The Labute approximate surface area is 331 Å². The fourth-order valence-electron chi connectivity index (χ4n) is 9.45. The quantitative estimate of drug-likeness (QED) is 0.165. The zero-order chi connectivity index (χ0) is 37.2. The van der Waals surface area contributed by atoms with Crippen molar-refractivity contribution in [2.45, 2.75) is 0 Å². The van der Waals surface area contributed by atoms with Crippen LogP contribution in [0.2, 0.25) is 0 Å². The molecule has 0 atom stereocenters. The van der Waals surface area contributed by atoms with Crippen LogP contribution in [0.15, 0.2) is 192 Å². The first-order valence-electron chi connectivity index (χ1n) is 19.5. The van der Waals surface area contributed by atoms with Crippen LogP contribution >= 0.6 is 11.3 Å². The van der Waals surface area contributed by atoms with Crippen LogP contribution in [0.3, 0.4) is 0 Å². The Balaban J connectivity index is 0.981. The molecule has 0 saturated heterocycles. The predicted molar refractivity (Wildman–Crippen MR) is 244 cm³/mol. The van der Waals surface area contributed by atoms with Gasteiger partial charge >= 0.3 is 0 Å². The van der Waals surface area contributed by atoms with Gasteiger partial charge in [0.2, 0.25) is 0 Å². The van der Waals surface area contributed by atoms with Gasteiger partial charge in [-0.15, -0.1) is 11.3 Å². The molecule has 0 unspecified atom stereocenters. The minimum absolute atomic E-state index is 0.906. The molecule has 3 aromatic heterocycles. The number of nitrogens with zero attached hydrogens (tertiary/aromatic N) is 1. The third-order valence-corrected chi connectivity index (χ3v) is 13.3. The number of para-hydroxylation sites is 1. The normalized spacial score (nSPS) is 12.2. The molecule has 0 N–H and O–H groups in total. The fraction of sp³-hybridized carbons (Fsp3) is 0. The molecule has 0 bridgehead atoms. The molecule has 0 aliphatic carbocycles. The van der Waals surface area contributed by atoms with Crippen LogP contribution in [0.25, 0.3) is 124 Å². The van der Waals surface area contributed by atoms with Crippen LogP contribution in [0.4, 0.5) is 0 Å². The predicted octanol–water partition coefficient (Wildman–Crippen LogP) is 15.8. The van der Waals surface area contributed by atoms with Gasteiger partial charge in [0, 0.05) is 47.4 Å². The summed E-state index contributed by atoms with van der Waals surface area (Å²) in [5.41, 5.74) is 10.3. The van der Waals surface area contributed by atoms with Crippen molar-refractivity contribution in [2.24, 2.45) is 0 Å². The van der Waals surface area contributed by atoms with E-state index < -0.39 is 0 Å². The van der Waals surface area contributed by atoms with E-state index in [1.807, 2.05) is 11.3 Å². The average molecular weight is 742 g/mol. The lowest BCUT2D eigenvalue weighted by Gasteiger charge is -2.11. The molecule has 0 saturated carbocycles. The summed E-state index contributed by atoms with van der Waals surface area (Å²) in [6.07, 6.45) is 0. The van der Waals surface area contributed by atoms with Gasteiger partial charge in [-0.25, -0.2) is 0 Å². The number of fused-ring (bicyclic) bond motifs is 13. The van der Waals surface area contributed by atoms with Gasteiger partial charge in [0.25, 0.3) is 0 Å². The Morgan fingerprint density at radius 1 is 0.351 bits per heavy atom. The molecule has 13 aromatic rings. The molecule has 264 valence electrons. The highest BCUT2D eigenvalue weighted by atomic mass is 32.1. The summed E-state index contributed by atoms with van der Waals surface area (Å²) < 4.78 is 11.6. The SMILES string of the molecule is c1ccc2c(-c3ccc4oc5ccc6cc7ccc(-n8c9ccccc9c9cc(-c%10ccc%11sc%12ccccc%12c%11c%10)ccc98)cc7cc6c5c4c3)cccc2c1. The molecule has 0 fully saturated rings. The van der Waals surface area contributed by atoms with Gasteiger partial charge in [0.15, 0.2) is 0 Å². The Hall–Kier alpha value is -7.20. The summed E-state index contributed by atoms with van der Waals surface area (Å²) in [6.45, 7) is 0. The Morgan fingerprint density at radius 2 is 1.05 bits per heavy atom. The molecule has 57 heavy (non-hydrogen) atoms. The third-order valence-electron chi connectivity index (χ3n) is 12.1. The van der Waals surface area contributed by atoms with E-state index in [4.69, 9.17) is 4.42 Å². The monoisotopic (exact) mass is 741 g/mol. The number of hydrogen-bond donors (Lipinski definition) is 0. The Bertz CT molecular complexity index is 3820. The van der Waals surface area contributed by atoms with E-state index in [1.165, 1.54) is 96.5 Å². The van der Waals surface area contributed by atoms with Gasteiger partial charge in [0.1, 0.15) is 11.2 Å². The van der Waals surface area contributed by atoms with Crippen LogP contribution in [-0.4, -0.2) is 4.57 Å². The number of thiophene rings is 1. The minimum atomic E-state index is 0.906. The highest BCUT2D eigenvalue weighted by molar-refractivity contribution is 7.25. The lowest BCUT2D eigenvalue weighted by molar-refractivity contribution is 0.669. The number of hydrogen-bond acceptors (Lipinski definition) is 2. The van der Waals surface area contributed by atoms with E-state index in [0.29, 0.717) is 0 Å². The second-order valence-electron chi connectivity index (χ2n) is 15.3. The molecule has 13 rings (SSSR count). The number of benzene rings is 10. The molecular weight excluding hydrogens is 711 g/mol. The van der Waals surface area contributed by atoms with Gasteiger partial charge in [-0.05, 0) is 133 Å². The number of furan rings is 1. The summed E-state index contributed by atoms with van der Waals surface area (Å²) in [7, 11) is 0. The van der Waals surface area contributed by atoms with Crippen molar-refractivity contribution in [3.05, 3.63) is 188 Å². The highest BCUT2D eigenvalue weighted by Gasteiger charge is 2.17. The van der Waals surface area contributed by atoms with Gasteiger partial charge in [-0.1, -0.05) is 109 Å². The fourth-order valence-corrected chi connectivity index (χ4v) is 10.5. The molecule has 2 nitrogen and oxygen atoms in total. The third kappa shape index (κ3) is 4.58. The Kier molecular flexibility index (Phi) is 6.35. The number of rotatable bonds is 3. The summed E-state index contributed by atoms with van der Waals surface area (Å²) in [5.74, 6) is 0. The van der Waals surface area contributed by atoms with Crippen LogP contribution in [-0.2, 0) is 0 Å². The first-order valence-corrected chi connectivity index (χ1v) is 20.3. The molecule has 0 spiro atoms. The molecular formula is C54H31NOS. The highest BCUT2D eigenvalue weighted by Crippen LogP contribution is 2.42. The molecule has 0 amide bonds. The minimum Gasteiger partial charge on any atom is -0.456 e. The molecule has 0 aliphatic heterocycles. The van der Waals surface area contributed by atoms with E-state index in [2.05, 4.69) is 193 Å². The smallest absolute Gasteiger partial charge is 0.136 e. The molecule has 10 aromatic carbocycles. The van der Waals surface area contributed by atoms with Gasteiger partial charge in [0.05, 0.1) is 11.0 Å². The zero-order valence-electron chi connectivity index (χ0n) is 30.7. The summed E-state index contributed by atoms with van der Waals surface area (Å²) in [5, 5.41) is 14.8. The summed E-state index contributed by atoms with van der Waals surface area (Å²) in [4.78, 5) is 0. The Morgan fingerprint density at radius 3 is 2.00 bits per heavy atom. The molecule has 0 aliphatic rings. The van der Waals surface area contributed by atoms with Gasteiger partial charge in [-0.2, -0.15) is 0 Å². The second kappa shape index (κ2) is 11.7. The largest absolute Gasteiger partial charge is 0.456 e. The zero-order valence-corrected chi connectivity index (χ0v) is 31.5. The van der Waals surface area contributed by atoms with Crippen LogP contribution in [0.5, 0.6) is 0 Å². The van der Waals surface area contributed by atoms with Crippen LogP contribution in [0.1, 0.15) is 0 Å². The lowest BCUT2D eigenvalue weighted by atomic mass is 9.95. The van der Waals surface area contributed by atoms with E-state index in [1.54, 1.807) is 0 Å². The first kappa shape index (κ1) is 31.1. The van der Waals surface area contributed by atoms with Crippen molar-refractivity contribution in [3.8, 4) is 27.9 Å². The van der Waals surface area contributed by atoms with E-state index >= 15 is 0 Å². The van der Waals surface area contributed by atoms with E-state index in [-0.39, 0.29) is 0 Å². The maximum Gasteiger partial charge on any atom is 0.136 e. The van der Waals surface area contributed by atoms with Crippen molar-refractivity contribution in [1.29, 1.82) is 0 Å². The molecule has 3 heteroatoms. The lowest BCUT2D eigenvalue weighted by Crippen LogP contribution is -1.94. The molecule has 0 radical (unpaired) electrons. The van der Waals surface area contributed by atoms with E-state index in [9.17, 15) is 0 Å². The average Bonchev–Trinajstić information content (AvgIpc) is 3.94. The summed E-state index contributed by atoms with van der Waals surface area (Å²) in [6, 6.07) is 69.2. The van der Waals surface area contributed by atoms with Gasteiger partial charge < -0.3 is 8.98 Å². The first-order chi connectivity index (χ1) is 28.2. The molecule has 3 heterocycles. The summed E-state index contributed by atoms with van der Waals surface area (Å²) >= 11 is 1.87. The van der Waals surface area contributed by atoms with Crippen molar-refractivity contribution in [3.63, 3.8) is 0 Å². The van der Waals surface area contributed by atoms with Gasteiger partial charge in [-0.3, -0.25) is 0 Å². The van der Waals surface area contributed by atoms with Crippen molar-refractivity contribution in [2.75, 3.05) is 0 Å².